The molecule has 0 bridgehead atoms. The summed E-state index contributed by atoms with van der Waals surface area (Å²) >= 11 is 7.57. The quantitative estimate of drug-likeness (QED) is 0.779. The molecule has 2 amide bonds. The number of carbonyl (C=O) groups excluding carboxylic acids is 1. The van der Waals surface area contributed by atoms with Crippen LogP contribution >= 0.6 is 23.4 Å². The average molecular weight is 320 g/mol. The predicted molar refractivity (Wildman–Crippen MR) is 89.4 cm³/mol. The van der Waals surface area contributed by atoms with Crippen molar-refractivity contribution in [1.29, 1.82) is 0 Å². The van der Waals surface area contributed by atoms with Crippen LogP contribution < -0.4 is 16.0 Å². The molecule has 1 aliphatic rings. The zero-order valence-corrected chi connectivity index (χ0v) is 12.7. The van der Waals surface area contributed by atoms with Crippen LogP contribution in [0.2, 0.25) is 5.02 Å². The molecule has 0 saturated heterocycles. The minimum atomic E-state index is -0.163. The highest BCUT2D eigenvalue weighted by Gasteiger charge is 2.23. The summed E-state index contributed by atoms with van der Waals surface area (Å²) in [5, 5.41) is 3.52. The Labute approximate surface area is 132 Å². The fourth-order valence-corrected chi connectivity index (χ4v) is 3.27. The van der Waals surface area contributed by atoms with Crippen molar-refractivity contribution >= 4 is 46.5 Å². The highest BCUT2D eigenvalue weighted by molar-refractivity contribution is 7.99. The number of thioether (sulfide) groups is 1. The van der Waals surface area contributed by atoms with E-state index in [4.69, 9.17) is 17.3 Å². The lowest BCUT2D eigenvalue weighted by Crippen LogP contribution is -2.38. The van der Waals surface area contributed by atoms with Gasteiger partial charge in [0.2, 0.25) is 0 Å². The van der Waals surface area contributed by atoms with Crippen LogP contribution in [0.15, 0.2) is 47.4 Å². The van der Waals surface area contributed by atoms with E-state index in [-0.39, 0.29) is 6.03 Å². The lowest BCUT2D eigenvalue weighted by molar-refractivity contribution is 0.257. The van der Waals surface area contributed by atoms with Gasteiger partial charge in [-0.05, 0) is 42.5 Å². The standard InChI is InChI=1S/C15H14ClN3OS/c16-10-1-4-12(5-2-10)18-15(20)19-7-8-21-14-6-3-11(17)9-13(14)19/h1-6,9H,7-8,17H2,(H,18,20). The van der Waals surface area contributed by atoms with Crippen LogP contribution in [0.4, 0.5) is 21.9 Å². The highest BCUT2D eigenvalue weighted by Crippen LogP contribution is 2.36. The van der Waals surface area contributed by atoms with Crippen molar-refractivity contribution in [1.82, 2.24) is 0 Å². The van der Waals surface area contributed by atoms with Crippen molar-refractivity contribution in [3.05, 3.63) is 47.5 Å². The van der Waals surface area contributed by atoms with Gasteiger partial charge in [-0.1, -0.05) is 11.6 Å². The molecule has 1 heterocycles. The summed E-state index contributed by atoms with van der Waals surface area (Å²) in [6.45, 7) is 0.653. The van der Waals surface area contributed by atoms with Gasteiger partial charge in [0.05, 0.1) is 5.69 Å². The lowest BCUT2D eigenvalue weighted by Gasteiger charge is -2.29. The van der Waals surface area contributed by atoms with Crippen molar-refractivity contribution in [3.8, 4) is 0 Å². The van der Waals surface area contributed by atoms with Gasteiger partial charge >= 0.3 is 6.03 Å². The molecule has 2 aromatic carbocycles. The molecule has 0 unspecified atom stereocenters. The Bertz CT molecular complexity index is 675. The average Bonchev–Trinajstić information content (AvgIpc) is 2.49. The molecule has 0 fully saturated rings. The Kier molecular flexibility index (Phi) is 3.94. The molecule has 0 radical (unpaired) electrons. The molecule has 0 aromatic heterocycles. The largest absolute Gasteiger partial charge is 0.399 e. The van der Waals surface area contributed by atoms with Crippen molar-refractivity contribution < 1.29 is 4.79 Å². The van der Waals surface area contributed by atoms with Gasteiger partial charge in [-0.3, -0.25) is 4.90 Å². The molecule has 3 rings (SSSR count). The summed E-state index contributed by atoms with van der Waals surface area (Å²) in [6, 6.07) is 12.5. The number of fused-ring (bicyclic) bond motifs is 1. The summed E-state index contributed by atoms with van der Waals surface area (Å²) in [6.07, 6.45) is 0. The number of hydrogen-bond donors (Lipinski definition) is 2. The maximum absolute atomic E-state index is 12.5. The number of halogens is 1. The van der Waals surface area contributed by atoms with Crippen LogP contribution in [-0.4, -0.2) is 18.3 Å². The zero-order valence-electron chi connectivity index (χ0n) is 11.2. The molecule has 21 heavy (non-hydrogen) atoms. The fraction of sp³-hybridized carbons (Fsp3) is 0.133. The predicted octanol–water partition coefficient (Wildman–Crippen LogP) is 4.07. The number of nitrogens with zero attached hydrogens (tertiary/aromatic N) is 1. The van der Waals surface area contributed by atoms with Gasteiger partial charge in [0.1, 0.15) is 0 Å². The molecule has 0 atom stereocenters. The third-order valence-electron chi connectivity index (χ3n) is 3.19. The molecule has 108 valence electrons. The molecule has 0 spiro atoms. The molecular formula is C15H14ClN3OS. The second kappa shape index (κ2) is 5.87. The first-order chi connectivity index (χ1) is 10.1. The first kappa shape index (κ1) is 14.1. The van der Waals surface area contributed by atoms with E-state index >= 15 is 0 Å². The number of benzene rings is 2. The summed E-state index contributed by atoms with van der Waals surface area (Å²) in [7, 11) is 0. The maximum Gasteiger partial charge on any atom is 0.326 e. The number of anilines is 3. The minimum Gasteiger partial charge on any atom is -0.399 e. The van der Waals surface area contributed by atoms with Gasteiger partial charge in [0.25, 0.3) is 0 Å². The summed E-state index contributed by atoms with van der Waals surface area (Å²) < 4.78 is 0. The van der Waals surface area contributed by atoms with Gasteiger partial charge in [-0.15, -0.1) is 11.8 Å². The van der Waals surface area contributed by atoms with Crippen LogP contribution in [0.1, 0.15) is 0 Å². The number of rotatable bonds is 1. The second-order valence-corrected chi connectivity index (χ2v) is 6.24. The number of urea groups is 1. The van der Waals surface area contributed by atoms with E-state index < -0.39 is 0 Å². The van der Waals surface area contributed by atoms with Crippen molar-refractivity contribution in [2.75, 3.05) is 28.2 Å². The lowest BCUT2D eigenvalue weighted by atomic mass is 10.2. The Balaban J connectivity index is 1.83. The van der Waals surface area contributed by atoms with E-state index in [0.717, 1.165) is 16.3 Å². The number of nitrogen functional groups attached to an aromatic ring is 1. The second-order valence-electron chi connectivity index (χ2n) is 4.66. The molecule has 0 saturated carbocycles. The first-order valence-electron chi connectivity index (χ1n) is 6.50. The highest BCUT2D eigenvalue weighted by atomic mass is 35.5. The van der Waals surface area contributed by atoms with E-state index in [1.807, 2.05) is 18.2 Å². The van der Waals surface area contributed by atoms with Crippen molar-refractivity contribution in [3.63, 3.8) is 0 Å². The number of nitrogens with two attached hydrogens (primary N) is 1. The molecule has 0 aliphatic carbocycles. The Morgan fingerprint density at radius 3 is 2.76 bits per heavy atom. The van der Waals surface area contributed by atoms with Crippen LogP contribution in [0.25, 0.3) is 0 Å². The van der Waals surface area contributed by atoms with Gasteiger partial charge in [0, 0.05) is 33.6 Å². The van der Waals surface area contributed by atoms with Crippen LogP contribution in [0.5, 0.6) is 0 Å². The number of hydrogen-bond acceptors (Lipinski definition) is 3. The first-order valence-corrected chi connectivity index (χ1v) is 7.86. The third kappa shape index (κ3) is 3.09. The van der Waals surface area contributed by atoms with Gasteiger partial charge in [0.15, 0.2) is 0 Å². The molecular weight excluding hydrogens is 306 g/mol. The molecule has 6 heteroatoms. The number of amides is 2. The smallest absolute Gasteiger partial charge is 0.326 e. The molecule has 2 aromatic rings. The fourth-order valence-electron chi connectivity index (χ4n) is 2.17. The molecule has 3 N–H and O–H groups in total. The van der Waals surface area contributed by atoms with E-state index in [9.17, 15) is 4.79 Å². The van der Waals surface area contributed by atoms with E-state index in [1.54, 1.807) is 40.9 Å². The zero-order chi connectivity index (χ0) is 14.8. The topological polar surface area (TPSA) is 58.4 Å². The van der Waals surface area contributed by atoms with Crippen molar-refractivity contribution in [2.45, 2.75) is 4.90 Å². The van der Waals surface area contributed by atoms with E-state index in [1.165, 1.54) is 0 Å². The van der Waals surface area contributed by atoms with Gasteiger partial charge < -0.3 is 11.1 Å². The maximum atomic E-state index is 12.5. The van der Waals surface area contributed by atoms with Crippen LogP contribution in [0, 0.1) is 0 Å². The van der Waals surface area contributed by atoms with Crippen molar-refractivity contribution in [2.24, 2.45) is 0 Å². The number of carbonyl (C=O) groups is 1. The molecule has 4 nitrogen and oxygen atoms in total. The van der Waals surface area contributed by atoms with Crippen LogP contribution in [0.3, 0.4) is 0 Å². The Hall–Kier alpha value is -1.85. The van der Waals surface area contributed by atoms with Gasteiger partial charge in [-0.2, -0.15) is 0 Å². The molecule has 1 aliphatic heterocycles. The summed E-state index contributed by atoms with van der Waals surface area (Å²) in [4.78, 5) is 15.2. The SMILES string of the molecule is Nc1ccc2c(c1)N(C(=O)Nc1ccc(Cl)cc1)CCS2. The Morgan fingerprint density at radius 2 is 2.00 bits per heavy atom. The minimum absolute atomic E-state index is 0.163. The van der Waals surface area contributed by atoms with E-state index in [0.29, 0.717) is 22.9 Å². The third-order valence-corrected chi connectivity index (χ3v) is 4.48. The Morgan fingerprint density at radius 1 is 1.24 bits per heavy atom. The van der Waals surface area contributed by atoms with E-state index in [2.05, 4.69) is 5.32 Å². The monoisotopic (exact) mass is 319 g/mol. The summed E-state index contributed by atoms with van der Waals surface area (Å²) in [5.74, 6) is 0.866. The summed E-state index contributed by atoms with van der Waals surface area (Å²) in [5.41, 5.74) is 8.06. The normalized spacial score (nSPS) is 13.7. The van der Waals surface area contributed by atoms with Crippen LogP contribution in [-0.2, 0) is 0 Å². The van der Waals surface area contributed by atoms with Gasteiger partial charge in [-0.25, -0.2) is 4.79 Å². The number of nitrogens with one attached hydrogen (secondary N) is 1.